The molecule has 0 radical (unpaired) electrons. The van der Waals surface area contributed by atoms with Crippen LogP contribution in [0.5, 0.6) is 0 Å². The maximum Gasteiger partial charge on any atom is 0.225 e. The zero-order valence-electron chi connectivity index (χ0n) is 15.3. The standard InChI is InChI=1S/C21H21Cl2N5/c22-15-9-6-10-16(23)20(15)27-19-13-18(17-11-4-5-12-24-17)26-21(28-19)25-14-7-2-1-3-8-14/h4-6,9-14H,1-3,7-8H2,(H2,25,26,27,28). The summed E-state index contributed by atoms with van der Waals surface area (Å²) in [5.41, 5.74) is 2.14. The normalized spacial score (nSPS) is 14.6. The fraction of sp³-hybridized carbons (Fsp3) is 0.286. The summed E-state index contributed by atoms with van der Waals surface area (Å²) >= 11 is 12.6. The molecule has 1 saturated carbocycles. The lowest BCUT2D eigenvalue weighted by Gasteiger charge is -2.23. The summed E-state index contributed by atoms with van der Waals surface area (Å²) in [4.78, 5) is 13.8. The molecule has 144 valence electrons. The van der Waals surface area contributed by atoms with E-state index >= 15 is 0 Å². The second-order valence-corrected chi connectivity index (χ2v) is 7.69. The lowest BCUT2D eigenvalue weighted by Crippen LogP contribution is -2.23. The number of rotatable bonds is 5. The molecule has 5 nitrogen and oxygen atoms in total. The Morgan fingerprint density at radius 2 is 1.64 bits per heavy atom. The van der Waals surface area contributed by atoms with Gasteiger partial charge in [-0.25, -0.2) is 4.98 Å². The molecule has 0 bridgehead atoms. The van der Waals surface area contributed by atoms with Gasteiger partial charge in [-0.2, -0.15) is 4.98 Å². The highest BCUT2D eigenvalue weighted by Crippen LogP contribution is 2.33. The van der Waals surface area contributed by atoms with Crippen LogP contribution < -0.4 is 10.6 Å². The van der Waals surface area contributed by atoms with Crippen molar-refractivity contribution in [3.05, 3.63) is 58.7 Å². The molecule has 28 heavy (non-hydrogen) atoms. The van der Waals surface area contributed by atoms with Gasteiger partial charge in [0.25, 0.3) is 0 Å². The van der Waals surface area contributed by atoms with Crippen molar-refractivity contribution >= 4 is 40.7 Å². The Labute approximate surface area is 174 Å². The number of benzene rings is 1. The summed E-state index contributed by atoms with van der Waals surface area (Å²) in [6.45, 7) is 0. The Bertz CT molecular complexity index is 923. The first-order chi connectivity index (χ1) is 13.7. The fourth-order valence-electron chi connectivity index (χ4n) is 3.40. The topological polar surface area (TPSA) is 62.7 Å². The van der Waals surface area contributed by atoms with Crippen molar-refractivity contribution in [2.75, 3.05) is 10.6 Å². The molecule has 1 aliphatic carbocycles. The van der Waals surface area contributed by atoms with Crippen LogP contribution in [-0.2, 0) is 0 Å². The van der Waals surface area contributed by atoms with E-state index in [0.29, 0.717) is 33.5 Å². The number of pyridine rings is 1. The zero-order chi connectivity index (χ0) is 19.3. The molecule has 0 amide bonds. The van der Waals surface area contributed by atoms with E-state index in [4.69, 9.17) is 28.2 Å². The number of nitrogens with zero attached hydrogens (tertiary/aromatic N) is 3. The van der Waals surface area contributed by atoms with E-state index < -0.39 is 0 Å². The highest BCUT2D eigenvalue weighted by atomic mass is 35.5. The van der Waals surface area contributed by atoms with Gasteiger partial charge in [-0.05, 0) is 37.1 Å². The number of para-hydroxylation sites is 1. The Kier molecular flexibility index (Phi) is 5.93. The van der Waals surface area contributed by atoms with Crippen molar-refractivity contribution in [3.63, 3.8) is 0 Å². The van der Waals surface area contributed by atoms with Gasteiger partial charge >= 0.3 is 0 Å². The second kappa shape index (κ2) is 8.76. The van der Waals surface area contributed by atoms with Crippen LogP contribution in [0.2, 0.25) is 10.0 Å². The van der Waals surface area contributed by atoms with Crippen molar-refractivity contribution in [1.29, 1.82) is 0 Å². The minimum atomic E-state index is 0.393. The molecule has 0 atom stereocenters. The molecule has 2 aromatic heterocycles. The minimum Gasteiger partial charge on any atom is -0.351 e. The molecule has 0 spiro atoms. The van der Waals surface area contributed by atoms with Crippen molar-refractivity contribution in [2.24, 2.45) is 0 Å². The van der Waals surface area contributed by atoms with Crippen molar-refractivity contribution < 1.29 is 0 Å². The Hall–Kier alpha value is -2.37. The lowest BCUT2D eigenvalue weighted by molar-refractivity contribution is 0.461. The summed E-state index contributed by atoms with van der Waals surface area (Å²) in [5.74, 6) is 1.20. The van der Waals surface area contributed by atoms with Crippen LogP contribution in [0.1, 0.15) is 32.1 Å². The van der Waals surface area contributed by atoms with E-state index in [0.717, 1.165) is 24.2 Å². The fourth-order valence-corrected chi connectivity index (χ4v) is 3.89. The van der Waals surface area contributed by atoms with Crippen LogP contribution in [0.15, 0.2) is 48.7 Å². The Morgan fingerprint density at radius 1 is 0.857 bits per heavy atom. The third-order valence-electron chi connectivity index (χ3n) is 4.81. The first-order valence-corrected chi connectivity index (χ1v) is 10.2. The average molecular weight is 414 g/mol. The van der Waals surface area contributed by atoms with Crippen LogP contribution in [0.25, 0.3) is 11.4 Å². The summed E-state index contributed by atoms with van der Waals surface area (Å²) in [7, 11) is 0. The summed E-state index contributed by atoms with van der Waals surface area (Å²) < 4.78 is 0. The van der Waals surface area contributed by atoms with Crippen LogP contribution in [0, 0.1) is 0 Å². The van der Waals surface area contributed by atoms with Crippen molar-refractivity contribution in [1.82, 2.24) is 15.0 Å². The van der Waals surface area contributed by atoms with Gasteiger partial charge in [-0.15, -0.1) is 0 Å². The quantitative estimate of drug-likeness (QED) is 0.511. The average Bonchev–Trinajstić information content (AvgIpc) is 2.72. The maximum atomic E-state index is 6.31. The van der Waals surface area contributed by atoms with E-state index in [1.54, 1.807) is 18.3 Å². The summed E-state index contributed by atoms with van der Waals surface area (Å²) in [6.07, 6.45) is 7.79. The number of aromatic nitrogens is 3. The monoisotopic (exact) mass is 413 g/mol. The molecule has 2 heterocycles. The van der Waals surface area contributed by atoms with Crippen LogP contribution in [0.3, 0.4) is 0 Å². The molecule has 0 saturated heterocycles. The summed E-state index contributed by atoms with van der Waals surface area (Å²) in [6, 6.07) is 13.4. The molecule has 3 aromatic rings. The van der Waals surface area contributed by atoms with Crippen LogP contribution >= 0.6 is 23.2 Å². The molecule has 1 fully saturated rings. The largest absolute Gasteiger partial charge is 0.351 e. The van der Waals surface area contributed by atoms with Gasteiger partial charge in [0.2, 0.25) is 5.95 Å². The molecule has 4 rings (SSSR count). The number of anilines is 3. The summed E-state index contributed by atoms with van der Waals surface area (Å²) in [5, 5.41) is 7.80. The minimum absolute atomic E-state index is 0.393. The molecule has 0 aliphatic heterocycles. The predicted octanol–water partition coefficient (Wildman–Crippen LogP) is 6.33. The lowest BCUT2D eigenvalue weighted by atomic mass is 9.96. The van der Waals surface area contributed by atoms with Gasteiger partial charge in [0, 0.05) is 18.3 Å². The number of nitrogens with one attached hydrogen (secondary N) is 2. The maximum absolute atomic E-state index is 6.31. The number of hydrogen-bond donors (Lipinski definition) is 2. The molecular formula is C21H21Cl2N5. The molecule has 2 N–H and O–H groups in total. The number of halogens is 2. The Balaban J connectivity index is 1.69. The van der Waals surface area contributed by atoms with Crippen LogP contribution in [0.4, 0.5) is 17.5 Å². The van der Waals surface area contributed by atoms with Gasteiger partial charge in [0.05, 0.1) is 27.1 Å². The predicted molar refractivity (Wildman–Crippen MR) is 116 cm³/mol. The van der Waals surface area contributed by atoms with Gasteiger partial charge in [-0.1, -0.05) is 54.6 Å². The zero-order valence-corrected chi connectivity index (χ0v) is 16.8. The van der Waals surface area contributed by atoms with Crippen LogP contribution in [-0.4, -0.2) is 21.0 Å². The van der Waals surface area contributed by atoms with E-state index in [-0.39, 0.29) is 0 Å². The number of hydrogen-bond acceptors (Lipinski definition) is 5. The van der Waals surface area contributed by atoms with E-state index in [2.05, 4.69) is 20.6 Å². The van der Waals surface area contributed by atoms with E-state index in [9.17, 15) is 0 Å². The molecule has 7 heteroatoms. The molecular weight excluding hydrogens is 393 g/mol. The van der Waals surface area contributed by atoms with Gasteiger partial charge in [-0.3, -0.25) is 4.98 Å². The second-order valence-electron chi connectivity index (χ2n) is 6.88. The third-order valence-corrected chi connectivity index (χ3v) is 5.44. The highest BCUT2D eigenvalue weighted by Gasteiger charge is 2.16. The molecule has 1 aliphatic rings. The van der Waals surface area contributed by atoms with Gasteiger partial charge in [0.15, 0.2) is 0 Å². The Morgan fingerprint density at radius 3 is 2.36 bits per heavy atom. The third kappa shape index (κ3) is 4.54. The van der Waals surface area contributed by atoms with E-state index in [1.165, 1.54) is 19.3 Å². The smallest absolute Gasteiger partial charge is 0.225 e. The molecule has 1 aromatic carbocycles. The first kappa shape index (κ1) is 19.0. The van der Waals surface area contributed by atoms with Gasteiger partial charge in [0.1, 0.15) is 5.82 Å². The molecule has 0 unspecified atom stereocenters. The van der Waals surface area contributed by atoms with E-state index in [1.807, 2.05) is 30.3 Å². The van der Waals surface area contributed by atoms with Gasteiger partial charge < -0.3 is 10.6 Å². The van der Waals surface area contributed by atoms with Crippen molar-refractivity contribution in [2.45, 2.75) is 38.1 Å². The highest BCUT2D eigenvalue weighted by molar-refractivity contribution is 6.39. The first-order valence-electron chi connectivity index (χ1n) is 9.47. The SMILES string of the molecule is Clc1cccc(Cl)c1Nc1cc(-c2ccccn2)nc(NC2CCCCC2)n1. The van der Waals surface area contributed by atoms with Crippen molar-refractivity contribution in [3.8, 4) is 11.4 Å².